The average Bonchev–Trinajstić information content (AvgIpc) is 2.60. The molecule has 2 aromatic carbocycles. The standard InChI is InChI=1S/C17H15Cl2N3O4/c18-13-5-8-16(15(19)10-13)26-9-1-2-17(23)21-20-11-12-3-6-14(7-4-12)22(24)25/h3-8,10-11H,1-2,9H2,(H,21,23)/b20-11-. The second-order valence-electron chi connectivity index (χ2n) is 5.17. The van der Waals surface area contributed by atoms with E-state index in [-0.39, 0.29) is 18.0 Å². The van der Waals surface area contributed by atoms with Gasteiger partial charge in [-0.1, -0.05) is 23.2 Å². The van der Waals surface area contributed by atoms with E-state index in [1.807, 2.05) is 0 Å². The number of carbonyl (C=O) groups is 1. The predicted octanol–water partition coefficient (Wildman–Crippen LogP) is 4.21. The number of amides is 1. The number of nitro groups is 1. The van der Waals surface area contributed by atoms with Gasteiger partial charge in [-0.25, -0.2) is 5.43 Å². The molecule has 0 spiro atoms. The van der Waals surface area contributed by atoms with Crippen LogP contribution in [0.4, 0.5) is 5.69 Å². The van der Waals surface area contributed by atoms with Crippen LogP contribution in [0, 0.1) is 10.1 Å². The summed E-state index contributed by atoms with van der Waals surface area (Å²) in [4.78, 5) is 21.8. The van der Waals surface area contributed by atoms with Gasteiger partial charge in [-0.15, -0.1) is 0 Å². The van der Waals surface area contributed by atoms with Crippen molar-refractivity contribution in [3.05, 3.63) is 68.2 Å². The second kappa shape index (κ2) is 9.74. The fourth-order valence-corrected chi connectivity index (χ4v) is 2.39. The monoisotopic (exact) mass is 395 g/mol. The average molecular weight is 396 g/mol. The number of hydrazone groups is 1. The van der Waals surface area contributed by atoms with Crippen LogP contribution in [0.2, 0.25) is 10.0 Å². The lowest BCUT2D eigenvalue weighted by Gasteiger charge is -2.07. The highest BCUT2D eigenvalue weighted by molar-refractivity contribution is 6.35. The Bertz CT molecular complexity index is 810. The van der Waals surface area contributed by atoms with Gasteiger partial charge in [0.25, 0.3) is 5.69 Å². The first kappa shape index (κ1) is 19.7. The van der Waals surface area contributed by atoms with Gasteiger partial charge >= 0.3 is 0 Å². The van der Waals surface area contributed by atoms with Gasteiger partial charge in [0.15, 0.2) is 0 Å². The van der Waals surface area contributed by atoms with E-state index in [1.165, 1.54) is 30.5 Å². The molecule has 0 aliphatic rings. The largest absolute Gasteiger partial charge is 0.492 e. The van der Waals surface area contributed by atoms with Crippen molar-refractivity contribution in [2.75, 3.05) is 6.61 Å². The number of nitro benzene ring substituents is 1. The minimum Gasteiger partial charge on any atom is -0.492 e. The minimum atomic E-state index is -0.484. The Labute approximate surface area is 159 Å². The van der Waals surface area contributed by atoms with Gasteiger partial charge in [0.05, 0.1) is 22.8 Å². The van der Waals surface area contributed by atoms with E-state index in [1.54, 1.807) is 18.2 Å². The Morgan fingerprint density at radius 1 is 1.23 bits per heavy atom. The van der Waals surface area contributed by atoms with E-state index in [2.05, 4.69) is 10.5 Å². The molecule has 7 nitrogen and oxygen atoms in total. The molecule has 0 heterocycles. The highest BCUT2D eigenvalue weighted by Crippen LogP contribution is 2.27. The van der Waals surface area contributed by atoms with Gasteiger partial charge in [0.1, 0.15) is 5.75 Å². The van der Waals surface area contributed by atoms with Gasteiger partial charge in [-0.3, -0.25) is 14.9 Å². The summed E-state index contributed by atoms with van der Waals surface area (Å²) in [6.07, 6.45) is 2.12. The highest BCUT2D eigenvalue weighted by Gasteiger charge is 2.05. The van der Waals surface area contributed by atoms with Crippen molar-refractivity contribution in [1.82, 2.24) is 5.43 Å². The molecule has 0 aliphatic heterocycles. The summed E-state index contributed by atoms with van der Waals surface area (Å²) in [5, 5.41) is 15.3. The maximum atomic E-state index is 11.7. The first-order valence-electron chi connectivity index (χ1n) is 7.60. The smallest absolute Gasteiger partial charge is 0.269 e. The van der Waals surface area contributed by atoms with E-state index in [9.17, 15) is 14.9 Å². The summed E-state index contributed by atoms with van der Waals surface area (Å²) in [5.41, 5.74) is 3.01. The van der Waals surface area contributed by atoms with E-state index >= 15 is 0 Å². The number of rotatable bonds is 8. The molecule has 0 atom stereocenters. The molecule has 136 valence electrons. The molecular formula is C17H15Cl2N3O4. The molecule has 0 aromatic heterocycles. The Hall–Kier alpha value is -2.64. The molecule has 9 heteroatoms. The molecule has 0 unspecified atom stereocenters. The van der Waals surface area contributed by atoms with Crippen molar-refractivity contribution < 1.29 is 14.5 Å². The summed E-state index contributed by atoms with van der Waals surface area (Å²) in [6, 6.07) is 10.7. The zero-order valence-corrected chi connectivity index (χ0v) is 15.0. The van der Waals surface area contributed by atoms with Crippen LogP contribution >= 0.6 is 23.2 Å². The molecule has 2 rings (SSSR count). The number of nitrogens with zero attached hydrogens (tertiary/aromatic N) is 2. The van der Waals surface area contributed by atoms with Crippen LogP contribution in [0.1, 0.15) is 18.4 Å². The number of benzene rings is 2. The van der Waals surface area contributed by atoms with Gasteiger partial charge < -0.3 is 4.74 Å². The summed E-state index contributed by atoms with van der Waals surface area (Å²) in [5.74, 6) is 0.238. The van der Waals surface area contributed by atoms with Gasteiger partial charge in [-0.2, -0.15) is 5.10 Å². The van der Waals surface area contributed by atoms with Gasteiger partial charge in [-0.05, 0) is 42.3 Å². The zero-order chi connectivity index (χ0) is 18.9. The summed E-state index contributed by atoms with van der Waals surface area (Å²) in [6.45, 7) is 0.320. The van der Waals surface area contributed by atoms with Crippen molar-refractivity contribution in [2.24, 2.45) is 5.10 Å². The third kappa shape index (κ3) is 6.34. The van der Waals surface area contributed by atoms with Crippen LogP contribution in [-0.2, 0) is 4.79 Å². The fourth-order valence-electron chi connectivity index (χ4n) is 1.92. The summed E-state index contributed by atoms with van der Waals surface area (Å²) >= 11 is 11.8. The van der Waals surface area contributed by atoms with E-state index < -0.39 is 4.92 Å². The van der Waals surface area contributed by atoms with Crippen molar-refractivity contribution in [3.8, 4) is 5.75 Å². The number of carbonyl (C=O) groups excluding carboxylic acids is 1. The minimum absolute atomic E-state index is 0.00743. The Kier molecular flexibility index (Phi) is 7.37. The molecule has 0 saturated heterocycles. The maximum absolute atomic E-state index is 11.7. The molecule has 0 radical (unpaired) electrons. The molecule has 0 saturated carbocycles. The third-order valence-corrected chi connectivity index (χ3v) is 3.74. The Morgan fingerprint density at radius 2 is 1.96 bits per heavy atom. The van der Waals surface area contributed by atoms with Crippen LogP contribution < -0.4 is 10.2 Å². The summed E-state index contributed by atoms with van der Waals surface area (Å²) < 4.78 is 5.48. The zero-order valence-electron chi connectivity index (χ0n) is 13.5. The Morgan fingerprint density at radius 3 is 2.62 bits per heavy atom. The van der Waals surface area contributed by atoms with E-state index in [0.717, 1.165) is 0 Å². The second-order valence-corrected chi connectivity index (χ2v) is 6.01. The molecule has 2 aromatic rings. The molecule has 26 heavy (non-hydrogen) atoms. The molecule has 0 fully saturated rings. The SMILES string of the molecule is O=C(CCCOc1ccc(Cl)cc1Cl)N/N=C\c1ccc([N+](=O)[O-])cc1. The molecule has 1 amide bonds. The van der Waals surface area contributed by atoms with Gasteiger partial charge in [0, 0.05) is 23.6 Å². The molecule has 0 bridgehead atoms. The van der Waals surface area contributed by atoms with Crippen LogP contribution in [-0.4, -0.2) is 23.7 Å². The van der Waals surface area contributed by atoms with Crippen molar-refractivity contribution in [1.29, 1.82) is 0 Å². The van der Waals surface area contributed by atoms with Crippen molar-refractivity contribution in [2.45, 2.75) is 12.8 Å². The number of nitrogens with one attached hydrogen (secondary N) is 1. The first-order valence-corrected chi connectivity index (χ1v) is 8.35. The normalized spacial score (nSPS) is 10.7. The number of hydrogen-bond donors (Lipinski definition) is 1. The first-order chi connectivity index (χ1) is 12.5. The fraction of sp³-hybridized carbons (Fsp3) is 0.176. The van der Waals surface area contributed by atoms with E-state index in [4.69, 9.17) is 27.9 Å². The lowest BCUT2D eigenvalue weighted by atomic mass is 10.2. The van der Waals surface area contributed by atoms with Crippen molar-refractivity contribution >= 4 is 41.0 Å². The Balaban J connectivity index is 1.69. The predicted molar refractivity (Wildman–Crippen MR) is 100 cm³/mol. The maximum Gasteiger partial charge on any atom is 0.269 e. The van der Waals surface area contributed by atoms with Gasteiger partial charge in [0.2, 0.25) is 5.91 Å². The van der Waals surface area contributed by atoms with Crippen LogP contribution in [0.25, 0.3) is 0 Å². The molecule has 1 N–H and O–H groups in total. The number of halogens is 2. The van der Waals surface area contributed by atoms with Crippen LogP contribution in [0.5, 0.6) is 5.75 Å². The van der Waals surface area contributed by atoms with Crippen molar-refractivity contribution in [3.63, 3.8) is 0 Å². The highest BCUT2D eigenvalue weighted by atomic mass is 35.5. The summed E-state index contributed by atoms with van der Waals surface area (Å²) in [7, 11) is 0. The van der Waals surface area contributed by atoms with Crippen LogP contribution in [0.3, 0.4) is 0 Å². The lowest BCUT2D eigenvalue weighted by molar-refractivity contribution is -0.384. The lowest BCUT2D eigenvalue weighted by Crippen LogP contribution is -2.18. The number of non-ortho nitro benzene ring substituents is 1. The number of hydrogen-bond acceptors (Lipinski definition) is 5. The molecular weight excluding hydrogens is 381 g/mol. The van der Waals surface area contributed by atoms with Crippen LogP contribution in [0.15, 0.2) is 47.6 Å². The molecule has 0 aliphatic carbocycles. The third-order valence-electron chi connectivity index (χ3n) is 3.21. The topological polar surface area (TPSA) is 93.8 Å². The number of ether oxygens (including phenoxy) is 1. The quantitative estimate of drug-likeness (QED) is 0.313. The van der Waals surface area contributed by atoms with E-state index in [0.29, 0.717) is 34.4 Å².